The molecule has 3 aromatic rings. The zero-order chi connectivity index (χ0) is 18.1. The second-order valence-electron chi connectivity index (χ2n) is 6.13. The number of benzene rings is 2. The van der Waals surface area contributed by atoms with Crippen LogP contribution in [0.4, 0.5) is 11.4 Å². The van der Waals surface area contributed by atoms with E-state index in [9.17, 15) is 13.2 Å². The second-order valence-corrected chi connectivity index (χ2v) is 8.14. The highest BCUT2D eigenvalue weighted by molar-refractivity contribution is 7.93. The first-order valence-corrected chi connectivity index (χ1v) is 9.91. The van der Waals surface area contributed by atoms with Crippen molar-refractivity contribution in [2.45, 2.75) is 6.42 Å². The molecule has 132 valence electrons. The van der Waals surface area contributed by atoms with Gasteiger partial charge in [-0.05, 0) is 42.8 Å². The van der Waals surface area contributed by atoms with E-state index in [1.807, 2.05) is 30.3 Å². The van der Waals surface area contributed by atoms with Gasteiger partial charge in [-0.1, -0.05) is 24.3 Å². The molecule has 0 radical (unpaired) electrons. The minimum Gasteiger partial charge on any atom is -0.321 e. The van der Waals surface area contributed by atoms with Crippen LogP contribution in [0.1, 0.15) is 16.9 Å². The van der Waals surface area contributed by atoms with Crippen molar-refractivity contribution in [2.75, 3.05) is 21.9 Å². The third-order valence-electron chi connectivity index (χ3n) is 4.34. The molecule has 1 fully saturated rings. The lowest BCUT2D eigenvalue weighted by molar-refractivity contribution is 0.102. The normalized spacial score (nSPS) is 15.9. The monoisotopic (exact) mass is 367 g/mol. The van der Waals surface area contributed by atoms with Gasteiger partial charge in [0.05, 0.1) is 17.0 Å². The van der Waals surface area contributed by atoms with Gasteiger partial charge in [-0.25, -0.2) is 13.4 Å². The number of aromatic nitrogens is 1. The fourth-order valence-corrected chi connectivity index (χ4v) is 4.59. The summed E-state index contributed by atoms with van der Waals surface area (Å²) in [5.41, 5.74) is 2.29. The Balaban J connectivity index is 1.52. The van der Waals surface area contributed by atoms with E-state index in [0.29, 0.717) is 30.0 Å². The molecule has 1 amide bonds. The largest absolute Gasteiger partial charge is 0.321 e. The van der Waals surface area contributed by atoms with E-state index in [1.165, 1.54) is 4.31 Å². The highest BCUT2D eigenvalue weighted by atomic mass is 32.2. The number of carbonyl (C=O) groups excluding carboxylic acids is 1. The number of nitrogens with zero attached hydrogens (tertiary/aromatic N) is 2. The lowest BCUT2D eigenvalue weighted by atomic mass is 10.2. The van der Waals surface area contributed by atoms with Crippen LogP contribution in [0.15, 0.2) is 60.7 Å². The molecule has 1 aromatic heterocycles. The number of anilines is 2. The molecule has 6 nitrogen and oxygen atoms in total. The van der Waals surface area contributed by atoms with Crippen molar-refractivity contribution in [3.63, 3.8) is 0 Å². The summed E-state index contributed by atoms with van der Waals surface area (Å²) < 4.78 is 25.3. The fraction of sp³-hybridized carbons (Fsp3) is 0.158. The maximum Gasteiger partial charge on any atom is 0.274 e. The molecule has 0 saturated carbocycles. The zero-order valence-electron chi connectivity index (χ0n) is 13.9. The van der Waals surface area contributed by atoms with Crippen molar-refractivity contribution in [3.8, 4) is 0 Å². The van der Waals surface area contributed by atoms with E-state index in [1.54, 1.807) is 30.3 Å². The Hall–Kier alpha value is -2.93. The molecule has 1 saturated heterocycles. The number of hydrogen-bond acceptors (Lipinski definition) is 4. The van der Waals surface area contributed by atoms with E-state index in [4.69, 9.17) is 0 Å². The second kappa shape index (κ2) is 6.42. The first kappa shape index (κ1) is 16.5. The Morgan fingerprint density at radius 3 is 2.50 bits per heavy atom. The molecule has 0 atom stereocenters. The number of rotatable bonds is 3. The molecule has 2 heterocycles. The first-order valence-electron chi connectivity index (χ1n) is 8.31. The van der Waals surface area contributed by atoms with Crippen LogP contribution in [0.3, 0.4) is 0 Å². The molecule has 26 heavy (non-hydrogen) atoms. The van der Waals surface area contributed by atoms with E-state index in [2.05, 4.69) is 10.3 Å². The topological polar surface area (TPSA) is 79.4 Å². The summed E-state index contributed by atoms with van der Waals surface area (Å²) in [6, 6.07) is 17.9. The first-order chi connectivity index (χ1) is 12.5. The van der Waals surface area contributed by atoms with Crippen LogP contribution in [0.5, 0.6) is 0 Å². The number of para-hydroxylation sites is 1. The van der Waals surface area contributed by atoms with Gasteiger partial charge < -0.3 is 5.32 Å². The van der Waals surface area contributed by atoms with Gasteiger partial charge in [-0.3, -0.25) is 9.10 Å². The zero-order valence-corrected chi connectivity index (χ0v) is 14.7. The van der Waals surface area contributed by atoms with Crippen molar-refractivity contribution in [2.24, 2.45) is 0 Å². The van der Waals surface area contributed by atoms with Crippen molar-refractivity contribution in [1.29, 1.82) is 0 Å². The number of carbonyl (C=O) groups is 1. The summed E-state index contributed by atoms with van der Waals surface area (Å²) in [5, 5.41) is 3.76. The van der Waals surface area contributed by atoms with Gasteiger partial charge in [0.25, 0.3) is 5.91 Å². The smallest absolute Gasteiger partial charge is 0.274 e. The Kier molecular flexibility index (Phi) is 4.08. The Bertz CT molecular complexity index is 1080. The highest BCUT2D eigenvalue weighted by Gasteiger charge is 2.28. The van der Waals surface area contributed by atoms with Gasteiger partial charge >= 0.3 is 0 Å². The van der Waals surface area contributed by atoms with Gasteiger partial charge in [0.1, 0.15) is 5.69 Å². The molecule has 0 spiro atoms. The summed E-state index contributed by atoms with van der Waals surface area (Å²) in [4.78, 5) is 16.8. The standard InChI is InChI=1S/C19H17N3O3S/c23-19(18-11-6-14-4-1-2-5-17(14)21-18)20-15-7-9-16(10-8-15)22-12-3-13-26(22,24)25/h1-2,4-11H,3,12-13H2,(H,20,23). The third-order valence-corrected chi connectivity index (χ3v) is 6.21. The molecule has 0 aliphatic carbocycles. The number of hydrogen-bond donors (Lipinski definition) is 1. The van der Waals surface area contributed by atoms with Crippen LogP contribution in [-0.2, 0) is 10.0 Å². The molecule has 0 bridgehead atoms. The lowest BCUT2D eigenvalue weighted by Crippen LogP contribution is -2.25. The minimum atomic E-state index is -3.20. The summed E-state index contributed by atoms with van der Waals surface area (Å²) in [6.07, 6.45) is 0.633. The average Bonchev–Trinajstić information content (AvgIpc) is 3.01. The summed E-state index contributed by atoms with van der Waals surface area (Å²) >= 11 is 0. The molecule has 1 N–H and O–H groups in total. The molecule has 1 aliphatic rings. The van der Waals surface area contributed by atoms with E-state index >= 15 is 0 Å². The summed E-state index contributed by atoms with van der Waals surface area (Å²) in [6.45, 7) is 0.495. The number of pyridine rings is 1. The van der Waals surface area contributed by atoms with E-state index < -0.39 is 10.0 Å². The fourth-order valence-electron chi connectivity index (χ4n) is 3.03. The van der Waals surface area contributed by atoms with E-state index in [-0.39, 0.29) is 11.7 Å². The van der Waals surface area contributed by atoms with Crippen molar-refractivity contribution < 1.29 is 13.2 Å². The van der Waals surface area contributed by atoms with Crippen LogP contribution in [0.2, 0.25) is 0 Å². The van der Waals surface area contributed by atoms with Crippen LogP contribution in [0.25, 0.3) is 10.9 Å². The van der Waals surface area contributed by atoms with Crippen LogP contribution in [0, 0.1) is 0 Å². The number of amides is 1. The Morgan fingerprint density at radius 2 is 1.77 bits per heavy atom. The predicted octanol–water partition coefficient (Wildman–Crippen LogP) is 3.03. The lowest BCUT2D eigenvalue weighted by Gasteiger charge is -2.17. The summed E-state index contributed by atoms with van der Waals surface area (Å²) in [7, 11) is -3.20. The predicted molar refractivity (Wildman–Crippen MR) is 102 cm³/mol. The van der Waals surface area contributed by atoms with Crippen LogP contribution in [-0.4, -0.2) is 31.6 Å². The molecular weight excluding hydrogens is 350 g/mol. The molecule has 1 aliphatic heterocycles. The quantitative estimate of drug-likeness (QED) is 0.772. The highest BCUT2D eigenvalue weighted by Crippen LogP contribution is 2.25. The van der Waals surface area contributed by atoms with Gasteiger partial charge in [-0.2, -0.15) is 0 Å². The molecular formula is C19H17N3O3S. The van der Waals surface area contributed by atoms with Crippen LogP contribution >= 0.6 is 0 Å². The maximum atomic E-state index is 12.4. The minimum absolute atomic E-state index is 0.180. The third kappa shape index (κ3) is 3.13. The van der Waals surface area contributed by atoms with Gasteiger partial charge in [0, 0.05) is 17.6 Å². The number of fused-ring (bicyclic) bond motifs is 1. The van der Waals surface area contributed by atoms with Gasteiger partial charge in [0.15, 0.2) is 0 Å². The molecule has 0 unspecified atom stereocenters. The van der Waals surface area contributed by atoms with Gasteiger partial charge in [-0.15, -0.1) is 0 Å². The SMILES string of the molecule is O=C(Nc1ccc(N2CCCS2(=O)=O)cc1)c1ccc2ccccc2n1. The average molecular weight is 367 g/mol. The molecule has 2 aromatic carbocycles. The van der Waals surface area contributed by atoms with Crippen molar-refractivity contribution in [1.82, 2.24) is 4.98 Å². The van der Waals surface area contributed by atoms with Crippen molar-refractivity contribution in [3.05, 3.63) is 66.4 Å². The summed E-state index contributed by atoms with van der Waals surface area (Å²) in [5.74, 6) is -0.128. The number of nitrogens with one attached hydrogen (secondary N) is 1. The van der Waals surface area contributed by atoms with Crippen LogP contribution < -0.4 is 9.62 Å². The Morgan fingerprint density at radius 1 is 1.00 bits per heavy atom. The Labute approximate surface area is 151 Å². The molecule has 7 heteroatoms. The van der Waals surface area contributed by atoms with E-state index in [0.717, 1.165) is 10.9 Å². The van der Waals surface area contributed by atoms with Crippen molar-refractivity contribution >= 4 is 38.2 Å². The number of sulfonamides is 1. The van der Waals surface area contributed by atoms with Gasteiger partial charge in [0.2, 0.25) is 10.0 Å². The maximum absolute atomic E-state index is 12.4. The molecule has 4 rings (SSSR count).